The minimum absolute atomic E-state index is 0.0270. The molecule has 0 aliphatic rings. The molecule has 0 aliphatic carbocycles. The highest BCUT2D eigenvalue weighted by atomic mass is 16.1. The largest absolute Gasteiger partial charge is 0.361 e. The zero-order valence-corrected chi connectivity index (χ0v) is 15.3. The third kappa shape index (κ3) is 4.08. The van der Waals surface area contributed by atoms with E-state index in [1.165, 1.54) is 16.5 Å². The monoisotopic (exact) mass is 358 g/mol. The lowest BCUT2D eigenvalue weighted by Gasteiger charge is -2.04. The van der Waals surface area contributed by atoms with E-state index >= 15 is 0 Å². The molecule has 2 aromatic carbocycles. The van der Waals surface area contributed by atoms with E-state index < -0.39 is 0 Å². The summed E-state index contributed by atoms with van der Waals surface area (Å²) in [5.74, 6) is 0.562. The van der Waals surface area contributed by atoms with Gasteiger partial charge < -0.3 is 10.3 Å². The van der Waals surface area contributed by atoms with Gasteiger partial charge in [0.1, 0.15) is 0 Å². The molecule has 2 N–H and O–H groups in total. The van der Waals surface area contributed by atoms with Crippen LogP contribution in [0.4, 0.5) is 5.82 Å². The lowest BCUT2D eigenvalue weighted by atomic mass is 10.1. The number of anilines is 1. The average molecular weight is 358 g/mol. The first-order valence-corrected chi connectivity index (χ1v) is 9.11. The van der Waals surface area contributed by atoms with Crippen molar-refractivity contribution in [2.24, 2.45) is 0 Å². The first kappa shape index (κ1) is 17.1. The Morgan fingerprint density at radius 2 is 1.93 bits per heavy atom. The van der Waals surface area contributed by atoms with Gasteiger partial charge in [0.25, 0.3) is 0 Å². The average Bonchev–Trinajstić information content (AvgIpc) is 3.29. The number of hydrogen-bond donors (Lipinski definition) is 2. The number of benzene rings is 2. The molecular weight excluding hydrogens is 336 g/mol. The summed E-state index contributed by atoms with van der Waals surface area (Å²) in [6.45, 7) is 2.76. The fourth-order valence-corrected chi connectivity index (χ4v) is 3.19. The Morgan fingerprint density at radius 1 is 1.11 bits per heavy atom. The van der Waals surface area contributed by atoms with Crippen molar-refractivity contribution >= 4 is 22.6 Å². The van der Waals surface area contributed by atoms with Crippen molar-refractivity contribution in [1.29, 1.82) is 0 Å². The second kappa shape index (κ2) is 7.50. The van der Waals surface area contributed by atoms with Gasteiger partial charge in [-0.1, -0.05) is 48.0 Å². The van der Waals surface area contributed by atoms with Gasteiger partial charge in [-0.3, -0.25) is 9.48 Å². The Kier molecular flexibility index (Phi) is 4.75. The Balaban J connectivity index is 1.33. The number of aromatic amines is 1. The molecule has 0 unspecified atom stereocenters. The van der Waals surface area contributed by atoms with Crippen LogP contribution in [-0.2, 0) is 17.8 Å². The number of nitrogens with one attached hydrogen (secondary N) is 2. The summed E-state index contributed by atoms with van der Waals surface area (Å²) in [4.78, 5) is 15.5. The third-order valence-electron chi connectivity index (χ3n) is 4.67. The number of rotatable bonds is 6. The highest BCUT2D eigenvalue weighted by Crippen LogP contribution is 2.19. The zero-order valence-electron chi connectivity index (χ0n) is 15.3. The number of nitrogens with zero attached hydrogens (tertiary/aromatic N) is 2. The summed E-state index contributed by atoms with van der Waals surface area (Å²) >= 11 is 0. The molecule has 0 bridgehead atoms. The summed E-state index contributed by atoms with van der Waals surface area (Å²) in [6, 6.07) is 18.3. The van der Waals surface area contributed by atoms with Crippen molar-refractivity contribution < 1.29 is 4.79 Å². The van der Waals surface area contributed by atoms with Gasteiger partial charge in [0.2, 0.25) is 5.91 Å². The molecule has 27 heavy (non-hydrogen) atoms. The van der Waals surface area contributed by atoms with E-state index in [-0.39, 0.29) is 5.91 Å². The number of carbonyl (C=O) groups is 1. The van der Waals surface area contributed by atoms with Crippen LogP contribution in [-0.4, -0.2) is 20.7 Å². The number of hydrogen-bond acceptors (Lipinski definition) is 2. The van der Waals surface area contributed by atoms with E-state index in [2.05, 4.69) is 52.7 Å². The van der Waals surface area contributed by atoms with Gasteiger partial charge in [0, 0.05) is 35.8 Å². The van der Waals surface area contributed by atoms with Gasteiger partial charge in [0.05, 0.1) is 6.54 Å². The second-order valence-electron chi connectivity index (χ2n) is 6.79. The van der Waals surface area contributed by atoms with E-state index in [0.29, 0.717) is 25.2 Å². The van der Waals surface area contributed by atoms with E-state index in [0.717, 1.165) is 11.1 Å². The summed E-state index contributed by atoms with van der Waals surface area (Å²) < 4.78 is 1.83. The number of aromatic nitrogens is 3. The Hall–Kier alpha value is -3.34. The second-order valence-corrected chi connectivity index (χ2v) is 6.79. The van der Waals surface area contributed by atoms with E-state index in [1.54, 1.807) is 0 Å². The van der Waals surface area contributed by atoms with E-state index in [4.69, 9.17) is 0 Å². The van der Waals surface area contributed by atoms with Gasteiger partial charge in [0.15, 0.2) is 5.82 Å². The lowest BCUT2D eigenvalue weighted by Crippen LogP contribution is -2.13. The molecular formula is C22H22N4O. The van der Waals surface area contributed by atoms with Crippen molar-refractivity contribution in [2.45, 2.75) is 26.3 Å². The zero-order chi connectivity index (χ0) is 18.6. The van der Waals surface area contributed by atoms with Crippen LogP contribution in [0.2, 0.25) is 0 Å². The summed E-state index contributed by atoms with van der Waals surface area (Å²) in [5.41, 5.74) is 4.68. The standard InChI is InChI=1S/C22H22N4O/c1-16-6-8-17(9-7-16)15-26-13-12-21(25-26)24-22(27)11-10-18-14-23-20-5-3-2-4-19(18)20/h2-9,12-14,23H,10-11,15H2,1H3,(H,24,25,27). The van der Waals surface area contributed by atoms with Crippen molar-refractivity contribution in [3.05, 3.63) is 83.7 Å². The SMILES string of the molecule is Cc1ccc(Cn2ccc(NC(=O)CCc3c[nH]c4ccccc34)n2)cc1. The molecule has 5 nitrogen and oxygen atoms in total. The van der Waals surface area contributed by atoms with Crippen LogP contribution in [0.25, 0.3) is 10.9 Å². The highest BCUT2D eigenvalue weighted by molar-refractivity contribution is 5.90. The van der Waals surface area contributed by atoms with Crippen LogP contribution in [0, 0.1) is 6.92 Å². The first-order valence-electron chi connectivity index (χ1n) is 9.11. The predicted molar refractivity (Wildman–Crippen MR) is 108 cm³/mol. The predicted octanol–water partition coefficient (Wildman–Crippen LogP) is 4.29. The van der Waals surface area contributed by atoms with Crippen LogP contribution in [0.3, 0.4) is 0 Å². The molecule has 5 heteroatoms. The van der Waals surface area contributed by atoms with Crippen LogP contribution >= 0.6 is 0 Å². The van der Waals surface area contributed by atoms with Crippen molar-refractivity contribution in [3.63, 3.8) is 0 Å². The number of para-hydroxylation sites is 1. The van der Waals surface area contributed by atoms with E-state index in [9.17, 15) is 4.79 Å². The minimum atomic E-state index is -0.0270. The summed E-state index contributed by atoms with van der Waals surface area (Å²) in [7, 11) is 0. The lowest BCUT2D eigenvalue weighted by molar-refractivity contribution is -0.116. The van der Waals surface area contributed by atoms with Gasteiger partial charge >= 0.3 is 0 Å². The molecule has 0 saturated heterocycles. The number of fused-ring (bicyclic) bond motifs is 1. The van der Waals surface area contributed by atoms with Gasteiger partial charge in [-0.15, -0.1) is 0 Å². The molecule has 2 heterocycles. The van der Waals surface area contributed by atoms with Gasteiger partial charge in [-0.25, -0.2) is 0 Å². The number of amides is 1. The van der Waals surface area contributed by atoms with Crippen LogP contribution in [0.15, 0.2) is 67.0 Å². The molecule has 2 aromatic heterocycles. The number of H-pyrrole nitrogens is 1. The highest BCUT2D eigenvalue weighted by Gasteiger charge is 2.08. The van der Waals surface area contributed by atoms with Gasteiger partial charge in [-0.05, 0) is 30.5 Å². The minimum Gasteiger partial charge on any atom is -0.361 e. The molecule has 0 atom stereocenters. The molecule has 4 rings (SSSR count). The molecule has 0 spiro atoms. The maximum Gasteiger partial charge on any atom is 0.225 e. The molecule has 0 radical (unpaired) electrons. The molecule has 136 valence electrons. The topological polar surface area (TPSA) is 62.7 Å². The molecule has 0 aliphatic heterocycles. The van der Waals surface area contributed by atoms with Gasteiger partial charge in [-0.2, -0.15) is 5.10 Å². The molecule has 1 amide bonds. The molecule has 4 aromatic rings. The Labute approximate surface area is 158 Å². The maximum atomic E-state index is 12.3. The summed E-state index contributed by atoms with van der Waals surface area (Å²) in [5, 5.41) is 8.50. The third-order valence-corrected chi connectivity index (χ3v) is 4.67. The normalized spacial score (nSPS) is 11.0. The van der Waals surface area contributed by atoms with Crippen LogP contribution in [0.5, 0.6) is 0 Å². The first-order chi connectivity index (χ1) is 13.2. The Bertz CT molecular complexity index is 1060. The van der Waals surface area contributed by atoms with Crippen LogP contribution < -0.4 is 5.32 Å². The van der Waals surface area contributed by atoms with Crippen LogP contribution in [0.1, 0.15) is 23.1 Å². The number of aryl methyl sites for hydroxylation is 2. The molecule has 0 saturated carbocycles. The fraction of sp³-hybridized carbons (Fsp3) is 0.182. The van der Waals surface area contributed by atoms with Crippen molar-refractivity contribution in [3.8, 4) is 0 Å². The quantitative estimate of drug-likeness (QED) is 0.540. The fourth-order valence-electron chi connectivity index (χ4n) is 3.19. The molecule has 0 fully saturated rings. The Morgan fingerprint density at radius 3 is 2.78 bits per heavy atom. The van der Waals surface area contributed by atoms with E-state index in [1.807, 2.05) is 41.3 Å². The maximum absolute atomic E-state index is 12.3. The van der Waals surface area contributed by atoms with Crippen molar-refractivity contribution in [2.75, 3.05) is 5.32 Å². The smallest absolute Gasteiger partial charge is 0.225 e. The summed E-state index contributed by atoms with van der Waals surface area (Å²) in [6.07, 6.45) is 4.98. The van der Waals surface area contributed by atoms with Crippen molar-refractivity contribution in [1.82, 2.24) is 14.8 Å². The number of carbonyl (C=O) groups excluding carboxylic acids is 1.